The number of hydrogen-bond donors (Lipinski definition) is 4. The number of nitrogens with one attached hydrogen (secondary N) is 3. The first-order valence-corrected chi connectivity index (χ1v) is 12.8. The van der Waals surface area contributed by atoms with Crippen molar-refractivity contribution in [1.82, 2.24) is 15.0 Å². The predicted octanol–water partition coefficient (Wildman–Crippen LogP) is 5.34. The molecule has 4 aromatic rings. The average Bonchev–Trinajstić information content (AvgIpc) is 2.99. The Hall–Kier alpha value is -4.87. The molecule has 0 saturated carbocycles. The standard InChI is InChI=1S/C29H29ClN6O5/c1-39-24-16-18(17-25(40-2)26(24)41-3)4-13-23(38)19-5-9-21(10-6-19)32-28-34-27(31-14-15-37)35-29(36-28)33-22-11-7-20(30)8-12-22/h4-13,16-17,37H,14-15H2,1-3H3,(H3,31,32,33,34,35,36)/b13-4+. The highest BCUT2D eigenvalue weighted by atomic mass is 35.5. The molecule has 0 radical (unpaired) electrons. The van der Waals surface area contributed by atoms with E-state index in [4.69, 9.17) is 25.8 Å². The molecule has 0 spiro atoms. The van der Waals surface area contributed by atoms with Crippen LogP contribution in [0.2, 0.25) is 5.02 Å². The van der Waals surface area contributed by atoms with Crippen LogP contribution in [-0.4, -0.2) is 60.3 Å². The number of carbonyl (C=O) groups is 1. The first-order chi connectivity index (χ1) is 19.9. The van der Waals surface area contributed by atoms with Gasteiger partial charge in [0.15, 0.2) is 17.3 Å². The predicted molar refractivity (Wildman–Crippen MR) is 159 cm³/mol. The van der Waals surface area contributed by atoms with Gasteiger partial charge in [-0.05, 0) is 72.3 Å². The largest absolute Gasteiger partial charge is 0.493 e. The number of aliphatic hydroxyl groups excluding tert-OH is 1. The summed E-state index contributed by atoms with van der Waals surface area (Å²) >= 11 is 5.97. The smallest absolute Gasteiger partial charge is 0.233 e. The van der Waals surface area contributed by atoms with E-state index in [1.54, 1.807) is 66.7 Å². The van der Waals surface area contributed by atoms with Crippen molar-refractivity contribution in [3.05, 3.63) is 82.9 Å². The fourth-order valence-corrected chi connectivity index (χ4v) is 3.84. The molecule has 11 nitrogen and oxygen atoms in total. The molecule has 1 heterocycles. The van der Waals surface area contributed by atoms with Gasteiger partial charge >= 0.3 is 0 Å². The van der Waals surface area contributed by atoms with E-state index in [0.717, 1.165) is 11.3 Å². The molecule has 0 amide bonds. The summed E-state index contributed by atoms with van der Waals surface area (Å²) in [5.41, 5.74) is 2.61. The van der Waals surface area contributed by atoms with Crippen LogP contribution in [0.3, 0.4) is 0 Å². The van der Waals surface area contributed by atoms with Gasteiger partial charge in [-0.3, -0.25) is 4.79 Å². The lowest BCUT2D eigenvalue weighted by Gasteiger charge is -2.12. The van der Waals surface area contributed by atoms with E-state index >= 15 is 0 Å². The number of hydrogen-bond acceptors (Lipinski definition) is 11. The van der Waals surface area contributed by atoms with Gasteiger partial charge in [0.2, 0.25) is 23.6 Å². The number of rotatable bonds is 13. The first kappa shape index (κ1) is 29.1. The zero-order valence-corrected chi connectivity index (χ0v) is 23.4. The van der Waals surface area contributed by atoms with Gasteiger partial charge in [-0.1, -0.05) is 17.7 Å². The maximum atomic E-state index is 12.8. The van der Waals surface area contributed by atoms with Crippen molar-refractivity contribution in [2.75, 3.05) is 50.4 Å². The Morgan fingerprint density at radius 3 is 1.88 bits per heavy atom. The minimum atomic E-state index is -0.185. The van der Waals surface area contributed by atoms with Crippen LogP contribution in [0.1, 0.15) is 15.9 Å². The van der Waals surface area contributed by atoms with Crippen molar-refractivity contribution in [1.29, 1.82) is 0 Å². The molecule has 0 fully saturated rings. The number of nitrogens with zero attached hydrogens (tertiary/aromatic N) is 3. The summed E-state index contributed by atoms with van der Waals surface area (Å²) in [6.07, 6.45) is 3.16. The van der Waals surface area contributed by atoms with Crippen molar-refractivity contribution < 1.29 is 24.1 Å². The number of benzene rings is 3. The minimum absolute atomic E-state index is 0.0854. The second-order valence-corrected chi connectivity index (χ2v) is 8.88. The SMILES string of the molecule is COc1cc(/C=C/C(=O)c2ccc(Nc3nc(NCCO)nc(Nc4ccc(Cl)cc4)n3)cc2)cc(OC)c1OC. The number of aromatic nitrogens is 3. The molecule has 0 saturated heterocycles. The van der Waals surface area contributed by atoms with E-state index in [1.807, 2.05) is 0 Å². The van der Waals surface area contributed by atoms with Crippen LogP contribution in [0.4, 0.5) is 29.2 Å². The summed E-state index contributed by atoms with van der Waals surface area (Å²) in [7, 11) is 4.60. The molecular formula is C29H29ClN6O5. The molecule has 4 N–H and O–H groups in total. The zero-order chi connectivity index (χ0) is 29.2. The molecule has 0 bridgehead atoms. The summed E-state index contributed by atoms with van der Waals surface area (Å²) in [6, 6.07) is 17.5. The summed E-state index contributed by atoms with van der Waals surface area (Å²) in [6.45, 7) is 0.183. The number of methoxy groups -OCH3 is 3. The van der Waals surface area contributed by atoms with Crippen LogP contribution in [0, 0.1) is 0 Å². The summed E-state index contributed by atoms with van der Waals surface area (Å²) < 4.78 is 16.1. The number of allylic oxidation sites excluding steroid dienone is 1. The molecule has 1 aromatic heterocycles. The van der Waals surface area contributed by atoms with Crippen molar-refractivity contribution in [3.63, 3.8) is 0 Å². The van der Waals surface area contributed by atoms with Crippen LogP contribution in [0.5, 0.6) is 17.2 Å². The number of halogens is 1. The number of ether oxygens (including phenoxy) is 3. The fourth-order valence-electron chi connectivity index (χ4n) is 3.71. The van der Waals surface area contributed by atoms with Gasteiger partial charge in [0, 0.05) is 28.5 Å². The third-order valence-electron chi connectivity index (χ3n) is 5.67. The number of ketones is 1. The quantitative estimate of drug-likeness (QED) is 0.121. The van der Waals surface area contributed by atoms with Crippen LogP contribution in [0.25, 0.3) is 6.08 Å². The Labute approximate surface area is 242 Å². The topological polar surface area (TPSA) is 140 Å². The molecule has 212 valence electrons. The Kier molecular flexibility index (Phi) is 9.92. The van der Waals surface area contributed by atoms with Crippen LogP contribution in [0.15, 0.2) is 66.7 Å². The Morgan fingerprint density at radius 1 is 0.829 bits per heavy atom. The first-order valence-electron chi connectivity index (χ1n) is 12.4. The average molecular weight is 577 g/mol. The minimum Gasteiger partial charge on any atom is -0.493 e. The van der Waals surface area contributed by atoms with Crippen LogP contribution >= 0.6 is 11.6 Å². The van der Waals surface area contributed by atoms with Gasteiger partial charge in [-0.25, -0.2) is 0 Å². The van der Waals surface area contributed by atoms with Gasteiger partial charge in [0.25, 0.3) is 0 Å². The van der Waals surface area contributed by atoms with E-state index in [0.29, 0.717) is 33.5 Å². The molecule has 12 heteroatoms. The number of carbonyl (C=O) groups excluding carboxylic acids is 1. The lowest BCUT2D eigenvalue weighted by molar-refractivity contribution is 0.104. The summed E-state index contributed by atoms with van der Waals surface area (Å²) in [5.74, 6) is 2.10. The lowest BCUT2D eigenvalue weighted by Crippen LogP contribution is -2.12. The van der Waals surface area contributed by atoms with Gasteiger partial charge in [0.05, 0.1) is 27.9 Å². The van der Waals surface area contributed by atoms with Crippen LogP contribution < -0.4 is 30.2 Å². The van der Waals surface area contributed by atoms with Crippen molar-refractivity contribution >= 4 is 52.7 Å². The second-order valence-electron chi connectivity index (χ2n) is 8.45. The fraction of sp³-hybridized carbons (Fsp3) is 0.172. The molecule has 0 aliphatic heterocycles. The van der Waals surface area contributed by atoms with Gasteiger partial charge < -0.3 is 35.3 Å². The normalized spacial score (nSPS) is 10.8. The number of anilines is 5. The maximum Gasteiger partial charge on any atom is 0.233 e. The highest BCUT2D eigenvalue weighted by molar-refractivity contribution is 6.30. The third-order valence-corrected chi connectivity index (χ3v) is 5.92. The van der Waals surface area contributed by atoms with Crippen molar-refractivity contribution in [2.45, 2.75) is 0 Å². The molecule has 0 aliphatic rings. The van der Waals surface area contributed by atoms with E-state index < -0.39 is 0 Å². The lowest BCUT2D eigenvalue weighted by atomic mass is 10.1. The Balaban J connectivity index is 1.48. The Morgan fingerprint density at radius 2 is 1.37 bits per heavy atom. The highest BCUT2D eigenvalue weighted by Gasteiger charge is 2.13. The zero-order valence-electron chi connectivity index (χ0n) is 22.6. The van der Waals surface area contributed by atoms with E-state index in [2.05, 4.69) is 30.9 Å². The highest BCUT2D eigenvalue weighted by Crippen LogP contribution is 2.38. The molecule has 0 atom stereocenters. The summed E-state index contributed by atoms with van der Waals surface area (Å²) in [4.78, 5) is 26.0. The van der Waals surface area contributed by atoms with E-state index in [9.17, 15) is 9.90 Å². The van der Waals surface area contributed by atoms with E-state index in [1.165, 1.54) is 27.4 Å². The number of aliphatic hydroxyl groups is 1. The molecule has 0 unspecified atom stereocenters. The van der Waals surface area contributed by atoms with Gasteiger partial charge in [-0.15, -0.1) is 0 Å². The maximum absolute atomic E-state index is 12.8. The molecule has 3 aromatic carbocycles. The van der Waals surface area contributed by atoms with Crippen LogP contribution in [-0.2, 0) is 0 Å². The monoisotopic (exact) mass is 576 g/mol. The van der Waals surface area contributed by atoms with Gasteiger partial charge in [0.1, 0.15) is 0 Å². The molecular weight excluding hydrogens is 548 g/mol. The Bertz CT molecular complexity index is 1490. The molecule has 41 heavy (non-hydrogen) atoms. The molecule has 4 rings (SSSR count). The summed E-state index contributed by atoms with van der Waals surface area (Å²) in [5, 5.41) is 19.0. The van der Waals surface area contributed by atoms with Crippen molar-refractivity contribution in [2.24, 2.45) is 0 Å². The van der Waals surface area contributed by atoms with E-state index in [-0.39, 0.29) is 36.8 Å². The second kappa shape index (κ2) is 14.0. The third kappa shape index (κ3) is 7.84. The van der Waals surface area contributed by atoms with Gasteiger partial charge in [-0.2, -0.15) is 15.0 Å². The van der Waals surface area contributed by atoms with Crippen molar-refractivity contribution in [3.8, 4) is 17.2 Å². The molecule has 0 aliphatic carbocycles.